The van der Waals surface area contributed by atoms with Gasteiger partial charge in [-0.3, -0.25) is 4.98 Å². The molecule has 100 valence electrons. The lowest BCUT2D eigenvalue weighted by Gasteiger charge is -2.15. The first-order valence-electron chi connectivity index (χ1n) is 5.66. The molecule has 0 fully saturated rings. The van der Waals surface area contributed by atoms with Crippen LogP contribution >= 0.6 is 0 Å². The number of nitrogens with zero attached hydrogens (tertiary/aromatic N) is 2. The molecule has 2 aromatic rings. The first kappa shape index (κ1) is 13.3. The van der Waals surface area contributed by atoms with Gasteiger partial charge >= 0.3 is 6.18 Å². The molecule has 0 bridgehead atoms. The lowest BCUT2D eigenvalue weighted by Crippen LogP contribution is -2.10. The SMILES string of the molecule is CC(Nc1cc(C(F)(F)F)ccn1)c1ccncc1. The molecule has 0 aliphatic carbocycles. The monoisotopic (exact) mass is 267 g/mol. The van der Waals surface area contributed by atoms with Crippen molar-refractivity contribution in [1.82, 2.24) is 9.97 Å². The average molecular weight is 267 g/mol. The van der Waals surface area contributed by atoms with E-state index < -0.39 is 11.7 Å². The van der Waals surface area contributed by atoms with Gasteiger partial charge in [0.25, 0.3) is 0 Å². The number of aromatic nitrogens is 2. The highest BCUT2D eigenvalue weighted by Gasteiger charge is 2.30. The molecule has 0 saturated heterocycles. The van der Waals surface area contributed by atoms with Crippen LogP contribution in [0.2, 0.25) is 0 Å². The van der Waals surface area contributed by atoms with E-state index in [1.165, 1.54) is 0 Å². The number of anilines is 1. The summed E-state index contributed by atoms with van der Waals surface area (Å²) in [6.07, 6.45) is 0.0455. The van der Waals surface area contributed by atoms with Gasteiger partial charge in [0.2, 0.25) is 0 Å². The summed E-state index contributed by atoms with van der Waals surface area (Å²) >= 11 is 0. The van der Waals surface area contributed by atoms with Crippen molar-refractivity contribution < 1.29 is 13.2 Å². The van der Waals surface area contributed by atoms with E-state index >= 15 is 0 Å². The van der Waals surface area contributed by atoms with Crippen molar-refractivity contribution in [2.45, 2.75) is 19.1 Å². The van der Waals surface area contributed by atoms with Gasteiger partial charge in [0.05, 0.1) is 11.6 Å². The third-order valence-electron chi connectivity index (χ3n) is 2.66. The normalized spacial score (nSPS) is 13.1. The van der Waals surface area contributed by atoms with E-state index in [1.807, 2.05) is 6.92 Å². The lowest BCUT2D eigenvalue weighted by molar-refractivity contribution is -0.137. The predicted molar refractivity (Wildman–Crippen MR) is 65.5 cm³/mol. The van der Waals surface area contributed by atoms with Crippen LogP contribution in [0.15, 0.2) is 42.9 Å². The molecule has 0 aromatic carbocycles. The van der Waals surface area contributed by atoms with Crippen molar-refractivity contribution in [3.63, 3.8) is 0 Å². The van der Waals surface area contributed by atoms with Crippen molar-refractivity contribution in [3.8, 4) is 0 Å². The van der Waals surface area contributed by atoms with Gasteiger partial charge in [-0.2, -0.15) is 13.2 Å². The van der Waals surface area contributed by atoms with Gasteiger partial charge in [-0.1, -0.05) is 0 Å². The Bertz CT molecular complexity index is 540. The molecular formula is C13H12F3N3. The molecule has 0 spiro atoms. The molecule has 0 amide bonds. The number of pyridine rings is 2. The van der Waals surface area contributed by atoms with Crippen LogP contribution in [-0.2, 0) is 6.18 Å². The number of rotatable bonds is 3. The van der Waals surface area contributed by atoms with E-state index in [2.05, 4.69) is 15.3 Å². The van der Waals surface area contributed by atoms with Gasteiger partial charge in [0.1, 0.15) is 5.82 Å². The van der Waals surface area contributed by atoms with Crippen LogP contribution in [0.4, 0.5) is 19.0 Å². The van der Waals surface area contributed by atoms with E-state index in [-0.39, 0.29) is 11.9 Å². The fourth-order valence-electron chi connectivity index (χ4n) is 1.64. The number of hydrogen-bond acceptors (Lipinski definition) is 3. The number of halogens is 3. The zero-order valence-corrected chi connectivity index (χ0v) is 10.1. The Morgan fingerprint density at radius 2 is 1.79 bits per heavy atom. The van der Waals surface area contributed by atoms with Gasteiger partial charge in [-0.25, -0.2) is 4.98 Å². The summed E-state index contributed by atoms with van der Waals surface area (Å²) in [5, 5.41) is 2.93. The molecule has 6 heteroatoms. The Morgan fingerprint density at radius 3 is 2.42 bits per heavy atom. The number of alkyl halides is 3. The fourth-order valence-corrected chi connectivity index (χ4v) is 1.64. The van der Waals surface area contributed by atoms with Gasteiger partial charge in [0, 0.05) is 18.6 Å². The third-order valence-corrected chi connectivity index (χ3v) is 2.66. The second-order valence-electron chi connectivity index (χ2n) is 4.07. The summed E-state index contributed by atoms with van der Waals surface area (Å²) in [6.45, 7) is 1.84. The first-order chi connectivity index (χ1) is 8.97. The molecule has 0 aliphatic heterocycles. The first-order valence-corrected chi connectivity index (χ1v) is 5.66. The summed E-state index contributed by atoms with van der Waals surface area (Å²) in [5.74, 6) is 0.194. The summed E-state index contributed by atoms with van der Waals surface area (Å²) < 4.78 is 37.7. The topological polar surface area (TPSA) is 37.8 Å². The molecule has 19 heavy (non-hydrogen) atoms. The zero-order valence-electron chi connectivity index (χ0n) is 10.1. The summed E-state index contributed by atoms with van der Waals surface area (Å²) in [7, 11) is 0. The molecule has 0 aliphatic rings. The zero-order chi connectivity index (χ0) is 13.9. The average Bonchev–Trinajstić information content (AvgIpc) is 2.39. The van der Waals surface area contributed by atoms with E-state index in [0.29, 0.717) is 0 Å². The molecule has 2 rings (SSSR count). The number of nitrogens with one attached hydrogen (secondary N) is 1. The van der Waals surface area contributed by atoms with Crippen molar-refractivity contribution in [2.75, 3.05) is 5.32 Å². The van der Waals surface area contributed by atoms with Crippen molar-refractivity contribution in [3.05, 3.63) is 54.0 Å². The molecule has 1 unspecified atom stereocenters. The van der Waals surface area contributed by atoms with Crippen LogP contribution in [0.25, 0.3) is 0 Å². The highest BCUT2D eigenvalue weighted by molar-refractivity contribution is 5.41. The second-order valence-corrected chi connectivity index (χ2v) is 4.07. The van der Waals surface area contributed by atoms with Crippen LogP contribution in [0.1, 0.15) is 24.1 Å². The Balaban J connectivity index is 2.16. The van der Waals surface area contributed by atoms with E-state index in [4.69, 9.17) is 0 Å². The summed E-state index contributed by atoms with van der Waals surface area (Å²) in [6, 6.07) is 5.38. The smallest absolute Gasteiger partial charge is 0.364 e. The fraction of sp³-hybridized carbons (Fsp3) is 0.231. The second kappa shape index (κ2) is 5.26. The lowest BCUT2D eigenvalue weighted by atomic mass is 10.1. The van der Waals surface area contributed by atoms with Crippen LogP contribution in [0, 0.1) is 0 Å². The highest BCUT2D eigenvalue weighted by Crippen LogP contribution is 2.30. The van der Waals surface area contributed by atoms with Crippen LogP contribution in [0.3, 0.4) is 0 Å². The molecule has 3 nitrogen and oxygen atoms in total. The summed E-state index contributed by atoms with van der Waals surface area (Å²) in [4.78, 5) is 7.78. The Hall–Kier alpha value is -2.11. The Kier molecular flexibility index (Phi) is 3.69. The highest BCUT2D eigenvalue weighted by atomic mass is 19.4. The van der Waals surface area contributed by atoms with Gasteiger partial charge in [-0.05, 0) is 36.8 Å². The molecule has 2 heterocycles. The maximum Gasteiger partial charge on any atom is 0.416 e. The van der Waals surface area contributed by atoms with Gasteiger partial charge < -0.3 is 5.32 Å². The van der Waals surface area contributed by atoms with E-state index in [1.54, 1.807) is 24.5 Å². The predicted octanol–water partition coefficient (Wildman–Crippen LogP) is 3.67. The van der Waals surface area contributed by atoms with Crippen LogP contribution < -0.4 is 5.32 Å². The maximum absolute atomic E-state index is 12.6. The maximum atomic E-state index is 12.6. The standard InChI is InChI=1S/C13H12F3N3/c1-9(10-2-5-17-6-3-10)19-12-8-11(4-7-18-12)13(14,15)16/h2-9H,1H3,(H,18,19). The van der Waals surface area contributed by atoms with Crippen molar-refractivity contribution in [1.29, 1.82) is 0 Å². The van der Waals surface area contributed by atoms with Crippen LogP contribution in [0.5, 0.6) is 0 Å². The molecular weight excluding hydrogens is 255 g/mol. The third kappa shape index (κ3) is 3.43. The minimum absolute atomic E-state index is 0.154. The molecule has 1 N–H and O–H groups in total. The Morgan fingerprint density at radius 1 is 1.11 bits per heavy atom. The number of hydrogen-bond donors (Lipinski definition) is 1. The van der Waals surface area contributed by atoms with Crippen LogP contribution in [-0.4, -0.2) is 9.97 Å². The van der Waals surface area contributed by atoms with Crippen molar-refractivity contribution in [2.24, 2.45) is 0 Å². The van der Waals surface area contributed by atoms with Gasteiger partial charge in [-0.15, -0.1) is 0 Å². The molecule has 0 saturated carbocycles. The van der Waals surface area contributed by atoms with E-state index in [9.17, 15) is 13.2 Å². The molecule has 2 aromatic heterocycles. The summed E-state index contributed by atoms with van der Waals surface area (Å²) in [5.41, 5.74) is 0.209. The van der Waals surface area contributed by atoms with Crippen molar-refractivity contribution >= 4 is 5.82 Å². The van der Waals surface area contributed by atoms with E-state index in [0.717, 1.165) is 23.9 Å². The molecule has 1 atom stereocenters. The minimum Gasteiger partial charge on any atom is -0.364 e. The largest absolute Gasteiger partial charge is 0.416 e. The minimum atomic E-state index is -4.36. The van der Waals surface area contributed by atoms with Gasteiger partial charge in [0.15, 0.2) is 0 Å². The molecule has 0 radical (unpaired) electrons. The quantitative estimate of drug-likeness (QED) is 0.922. The Labute approximate surface area is 108 Å².